The van der Waals surface area contributed by atoms with Crippen LogP contribution in [0.2, 0.25) is 0 Å². The van der Waals surface area contributed by atoms with E-state index in [0.717, 1.165) is 18.7 Å². The first kappa shape index (κ1) is 15.2. The number of nitrogens with zero attached hydrogens (tertiary/aromatic N) is 2. The van der Waals surface area contributed by atoms with Crippen LogP contribution in [0.4, 0.5) is 0 Å². The zero-order chi connectivity index (χ0) is 14.2. The Morgan fingerprint density at radius 3 is 2.50 bits per heavy atom. The average molecular weight is 277 g/mol. The maximum absolute atomic E-state index is 5.10. The molecule has 1 N–H and O–H groups in total. The third-order valence-corrected chi connectivity index (χ3v) is 4.17. The van der Waals surface area contributed by atoms with E-state index in [0.29, 0.717) is 17.8 Å². The first-order chi connectivity index (χ1) is 9.85. The highest BCUT2D eigenvalue weighted by Gasteiger charge is 2.25. The Morgan fingerprint density at radius 1 is 1.20 bits per heavy atom. The summed E-state index contributed by atoms with van der Waals surface area (Å²) in [7, 11) is 1.63. The van der Waals surface area contributed by atoms with Crippen LogP contribution in [0.25, 0.3) is 0 Å². The molecule has 20 heavy (non-hydrogen) atoms. The summed E-state index contributed by atoms with van der Waals surface area (Å²) < 4.78 is 5.10. The Hall–Kier alpha value is -1.16. The molecule has 1 aliphatic rings. The van der Waals surface area contributed by atoms with Crippen molar-refractivity contribution >= 4 is 0 Å². The summed E-state index contributed by atoms with van der Waals surface area (Å²) in [6, 6.07) is 4.32. The molecule has 1 aliphatic carbocycles. The Morgan fingerprint density at radius 2 is 1.95 bits per heavy atom. The van der Waals surface area contributed by atoms with Crippen molar-refractivity contribution in [3.63, 3.8) is 0 Å². The fraction of sp³-hybridized carbons (Fsp3) is 0.750. The molecule has 1 aromatic rings. The molecule has 0 bridgehead atoms. The summed E-state index contributed by atoms with van der Waals surface area (Å²) >= 11 is 0. The Labute approximate surface area is 122 Å². The molecule has 2 rings (SSSR count). The molecule has 1 atom stereocenters. The van der Waals surface area contributed by atoms with Crippen molar-refractivity contribution in [3.05, 3.63) is 17.8 Å². The first-order valence-electron chi connectivity index (χ1n) is 7.96. The van der Waals surface area contributed by atoms with E-state index < -0.39 is 0 Å². The smallest absolute Gasteiger partial charge is 0.233 e. The van der Waals surface area contributed by atoms with E-state index in [-0.39, 0.29) is 0 Å². The van der Waals surface area contributed by atoms with E-state index >= 15 is 0 Å². The molecule has 0 amide bonds. The molecular formula is C16H27N3O. The molecule has 0 aromatic carbocycles. The Kier molecular flexibility index (Phi) is 6.25. The molecule has 4 nitrogen and oxygen atoms in total. The van der Waals surface area contributed by atoms with Gasteiger partial charge in [-0.15, -0.1) is 5.10 Å². The van der Waals surface area contributed by atoms with Gasteiger partial charge in [0.25, 0.3) is 0 Å². The number of rotatable bonds is 6. The monoisotopic (exact) mass is 277 g/mol. The summed E-state index contributed by atoms with van der Waals surface area (Å²) in [5.74, 6) is 1.27. The first-order valence-corrected chi connectivity index (χ1v) is 7.96. The summed E-state index contributed by atoms with van der Waals surface area (Å²) in [5, 5.41) is 12.2. The minimum atomic E-state index is 0.339. The zero-order valence-electron chi connectivity index (χ0n) is 12.8. The molecule has 112 valence electrons. The van der Waals surface area contributed by atoms with Crippen LogP contribution >= 0.6 is 0 Å². The summed E-state index contributed by atoms with van der Waals surface area (Å²) in [5.41, 5.74) is 1.06. The largest absolute Gasteiger partial charge is 0.480 e. The van der Waals surface area contributed by atoms with E-state index in [1.165, 1.54) is 38.5 Å². The zero-order valence-corrected chi connectivity index (χ0v) is 12.8. The minimum absolute atomic E-state index is 0.339. The highest BCUT2D eigenvalue weighted by atomic mass is 16.5. The van der Waals surface area contributed by atoms with E-state index in [9.17, 15) is 0 Å². The maximum atomic E-state index is 5.10. The van der Waals surface area contributed by atoms with Crippen LogP contribution in [0.15, 0.2) is 12.1 Å². The summed E-state index contributed by atoms with van der Waals surface area (Å²) in [6.45, 7) is 3.24. The normalized spacial score (nSPS) is 18.5. The second-order valence-electron chi connectivity index (χ2n) is 5.68. The third-order valence-electron chi connectivity index (χ3n) is 4.17. The van der Waals surface area contributed by atoms with Crippen LogP contribution in [-0.4, -0.2) is 23.9 Å². The fourth-order valence-electron chi connectivity index (χ4n) is 3.06. The van der Waals surface area contributed by atoms with Crippen molar-refractivity contribution in [1.82, 2.24) is 15.5 Å². The molecule has 0 spiro atoms. The van der Waals surface area contributed by atoms with Crippen molar-refractivity contribution in [1.29, 1.82) is 0 Å². The van der Waals surface area contributed by atoms with Gasteiger partial charge in [-0.25, -0.2) is 0 Å². The minimum Gasteiger partial charge on any atom is -0.480 e. The van der Waals surface area contributed by atoms with Crippen molar-refractivity contribution < 1.29 is 4.74 Å². The topological polar surface area (TPSA) is 47.0 Å². The molecule has 1 heterocycles. The molecule has 0 aliphatic heterocycles. The van der Waals surface area contributed by atoms with E-state index in [4.69, 9.17) is 4.74 Å². The summed E-state index contributed by atoms with van der Waals surface area (Å²) in [6.07, 6.45) is 9.20. The van der Waals surface area contributed by atoms with Crippen LogP contribution in [0.5, 0.6) is 5.88 Å². The van der Waals surface area contributed by atoms with Gasteiger partial charge < -0.3 is 10.1 Å². The lowest BCUT2D eigenvalue weighted by Crippen LogP contribution is -2.30. The quantitative estimate of drug-likeness (QED) is 0.808. The van der Waals surface area contributed by atoms with E-state index in [2.05, 4.69) is 28.5 Å². The number of ether oxygens (including phenoxy) is 1. The average Bonchev–Trinajstić information content (AvgIpc) is 2.77. The molecular weight excluding hydrogens is 250 g/mol. The SMILES string of the molecule is CCCNC(c1ccc(OC)nn1)C1CCCCCC1. The van der Waals surface area contributed by atoms with Crippen molar-refractivity contribution in [2.75, 3.05) is 13.7 Å². The maximum Gasteiger partial charge on any atom is 0.233 e. The number of methoxy groups -OCH3 is 1. The predicted octanol–water partition coefficient (Wildman–Crippen LogP) is 3.50. The van der Waals surface area contributed by atoms with Crippen LogP contribution in [-0.2, 0) is 0 Å². The molecule has 1 aromatic heterocycles. The molecule has 1 fully saturated rings. The lowest BCUT2D eigenvalue weighted by Gasteiger charge is -2.26. The molecule has 1 saturated carbocycles. The number of hydrogen-bond acceptors (Lipinski definition) is 4. The van der Waals surface area contributed by atoms with Gasteiger partial charge in [0.2, 0.25) is 5.88 Å². The molecule has 1 unspecified atom stereocenters. The van der Waals surface area contributed by atoms with Crippen molar-refractivity contribution in [2.24, 2.45) is 5.92 Å². The van der Waals surface area contributed by atoms with Gasteiger partial charge in [-0.1, -0.05) is 32.6 Å². The summed E-state index contributed by atoms with van der Waals surface area (Å²) in [4.78, 5) is 0. The van der Waals surface area contributed by atoms with Gasteiger partial charge in [-0.05, 0) is 37.8 Å². The highest BCUT2D eigenvalue weighted by Crippen LogP contribution is 2.32. The third kappa shape index (κ3) is 4.17. The van der Waals surface area contributed by atoms with Gasteiger partial charge in [0.15, 0.2) is 0 Å². The number of aromatic nitrogens is 2. The lowest BCUT2D eigenvalue weighted by molar-refractivity contribution is 0.316. The van der Waals surface area contributed by atoms with Gasteiger partial charge in [0, 0.05) is 6.07 Å². The van der Waals surface area contributed by atoms with E-state index in [1.54, 1.807) is 7.11 Å². The van der Waals surface area contributed by atoms with Gasteiger partial charge in [0.1, 0.15) is 0 Å². The van der Waals surface area contributed by atoms with Crippen molar-refractivity contribution in [3.8, 4) is 5.88 Å². The Bertz CT molecular complexity index is 372. The van der Waals surface area contributed by atoms with Gasteiger partial charge in [-0.2, -0.15) is 5.10 Å². The van der Waals surface area contributed by atoms with Gasteiger partial charge >= 0.3 is 0 Å². The second-order valence-corrected chi connectivity index (χ2v) is 5.68. The van der Waals surface area contributed by atoms with Crippen LogP contribution < -0.4 is 10.1 Å². The van der Waals surface area contributed by atoms with Gasteiger partial charge in [-0.3, -0.25) is 0 Å². The van der Waals surface area contributed by atoms with Crippen LogP contribution in [0.1, 0.15) is 63.6 Å². The predicted molar refractivity (Wildman–Crippen MR) is 80.8 cm³/mol. The molecule has 0 saturated heterocycles. The molecule has 0 radical (unpaired) electrons. The standard InChI is InChI=1S/C16H27N3O/c1-3-12-17-16(13-8-6-4-5-7-9-13)14-10-11-15(20-2)19-18-14/h10-11,13,16-17H,3-9,12H2,1-2H3. The number of hydrogen-bond donors (Lipinski definition) is 1. The second kappa shape index (κ2) is 8.20. The number of nitrogens with one attached hydrogen (secondary N) is 1. The highest BCUT2D eigenvalue weighted by molar-refractivity contribution is 5.15. The van der Waals surface area contributed by atoms with Crippen molar-refractivity contribution in [2.45, 2.75) is 57.9 Å². The Balaban J connectivity index is 2.11. The van der Waals surface area contributed by atoms with Crippen LogP contribution in [0.3, 0.4) is 0 Å². The van der Waals surface area contributed by atoms with Crippen LogP contribution in [0, 0.1) is 5.92 Å². The van der Waals surface area contributed by atoms with E-state index in [1.807, 2.05) is 6.07 Å². The van der Waals surface area contributed by atoms with Gasteiger partial charge in [0.05, 0.1) is 18.8 Å². The fourth-order valence-corrected chi connectivity index (χ4v) is 3.06. The molecule has 4 heteroatoms. The lowest BCUT2D eigenvalue weighted by atomic mass is 9.89.